The summed E-state index contributed by atoms with van der Waals surface area (Å²) < 4.78 is 39.1. The molecule has 0 unspecified atom stereocenters. The average molecular weight is 449 g/mol. The van der Waals surface area contributed by atoms with Gasteiger partial charge in [0, 0.05) is 32.4 Å². The van der Waals surface area contributed by atoms with Crippen molar-refractivity contribution in [3.05, 3.63) is 42.2 Å². The topological polar surface area (TPSA) is 111 Å². The first kappa shape index (κ1) is 21.3. The van der Waals surface area contributed by atoms with Crippen molar-refractivity contribution < 1.29 is 27.4 Å². The third-order valence-corrected chi connectivity index (χ3v) is 6.20. The van der Waals surface area contributed by atoms with Crippen LogP contribution in [0.5, 0.6) is 5.75 Å². The molecule has 166 valence electrons. The average Bonchev–Trinajstić information content (AvgIpc) is 2.75. The van der Waals surface area contributed by atoms with Crippen molar-refractivity contribution in [1.29, 1.82) is 0 Å². The maximum atomic E-state index is 12.1. The molecule has 1 amide bonds. The minimum Gasteiger partial charge on any atom is -0.486 e. The van der Waals surface area contributed by atoms with Crippen molar-refractivity contribution in [2.75, 3.05) is 50.5 Å². The lowest BCUT2D eigenvalue weighted by molar-refractivity contribution is -0.104. The molecule has 0 radical (unpaired) electrons. The molecule has 0 spiro atoms. The second kappa shape index (κ2) is 9.06. The van der Waals surface area contributed by atoms with Crippen LogP contribution in [0.4, 0.5) is 10.7 Å². The molecule has 31 heavy (non-hydrogen) atoms. The van der Waals surface area contributed by atoms with E-state index in [1.807, 2.05) is 4.90 Å². The zero-order valence-corrected chi connectivity index (χ0v) is 18.0. The summed E-state index contributed by atoms with van der Waals surface area (Å²) in [4.78, 5) is 24.8. The Labute approximate surface area is 180 Å². The number of piperazine rings is 1. The maximum Gasteiger partial charge on any atom is 0.410 e. The molecule has 10 nitrogen and oxygen atoms in total. The number of anilines is 1. The molecule has 0 aliphatic carbocycles. The van der Waals surface area contributed by atoms with Gasteiger partial charge in [-0.25, -0.2) is 23.2 Å². The van der Waals surface area contributed by atoms with Crippen LogP contribution < -0.4 is 9.64 Å². The SMILES string of the molecule is CS(=O)(=O)c1ccc(COc2cnc(N3CCN(C(=O)OC4COC4)CC3)nc2)cc1. The van der Waals surface area contributed by atoms with Crippen LogP contribution in [0.25, 0.3) is 0 Å². The highest BCUT2D eigenvalue weighted by Crippen LogP contribution is 2.17. The van der Waals surface area contributed by atoms with E-state index in [4.69, 9.17) is 14.2 Å². The summed E-state index contributed by atoms with van der Waals surface area (Å²) >= 11 is 0. The van der Waals surface area contributed by atoms with Gasteiger partial charge in [-0.2, -0.15) is 0 Å². The van der Waals surface area contributed by atoms with Gasteiger partial charge in [-0.3, -0.25) is 0 Å². The van der Waals surface area contributed by atoms with Crippen LogP contribution in [-0.2, 0) is 25.9 Å². The molecule has 0 atom stereocenters. The largest absolute Gasteiger partial charge is 0.486 e. The van der Waals surface area contributed by atoms with Gasteiger partial charge >= 0.3 is 6.09 Å². The Morgan fingerprint density at radius 2 is 1.74 bits per heavy atom. The third kappa shape index (κ3) is 5.42. The van der Waals surface area contributed by atoms with Gasteiger partial charge in [-0.15, -0.1) is 0 Å². The predicted octanol–water partition coefficient (Wildman–Crippen LogP) is 1.12. The minimum atomic E-state index is -3.21. The Morgan fingerprint density at radius 3 is 2.29 bits per heavy atom. The number of sulfone groups is 1. The Bertz CT molecular complexity index is 1000. The molecular weight excluding hydrogens is 424 g/mol. The van der Waals surface area contributed by atoms with Crippen molar-refractivity contribution in [2.45, 2.75) is 17.6 Å². The fourth-order valence-electron chi connectivity index (χ4n) is 3.14. The number of carbonyl (C=O) groups is 1. The Hall–Kier alpha value is -2.92. The zero-order valence-electron chi connectivity index (χ0n) is 17.1. The summed E-state index contributed by atoms with van der Waals surface area (Å²) in [7, 11) is -3.21. The molecule has 1 aromatic heterocycles. The van der Waals surface area contributed by atoms with Crippen molar-refractivity contribution in [3.63, 3.8) is 0 Å². The Balaban J connectivity index is 1.25. The molecular formula is C20H24N4O6S. The third-order valence-electron chi connectivity index (χ3n) is 5.07. The second-order valence-electron chi connectivity index (χ2n) is 7.44. The molecule has 2 aliphatic rings. The van der Waals surface area contributed by atoms with Crippen LogP contribution in [0.3, 0.4) is 0 Å². The van der Waals surface area contributed by atoms with Gasteiger partial charge in [0.2, 0.25) is 5.95 Å². The standard InChI is InChI=1S/C20H24N4O6S/c1-31(26,27)18-4-2-15(3-5-18)12-29-16-10-21-19(22-11-16)23-6-8-24(9-7-23)20(25)30-17-13-28-14-17/h2-5,10-11,17H,6-9,12-14H2,1H3. The summed E-state index contributed by atoms with van der Waals surface area (Å²) in [6, 6.07) is 6.55. The lowest BCUT2D eigenvalue weighted by Crippen LogP contribution is -2.51. The van der Waals surface area contributed by atoms with Crippen LogP contribution in [-0.4, -0.2) is 81.1 Å². The summed E-state index contributed by atoms with van der Waals surface area (Å²) in [6.45, 7) is 3.53. The van der Waals surface area contributed by atoms with E-state index in [0.29, 0.717) is 51.1 Å². The molecule has 2 aromatic rings. The molecule has 2 aliphatic heterocycles. The van der Waals surface area contributed by atoms with Crippen molar-refractivity contribution in [3.8, 4) is 5.75 Å². The first-order chi connectivity index (χ1) is 14.9. The van der Waals surface area contributed by atoms with E-state index in [0.717, 1.165) is 5.56 Å². The number of benzene rings is 1. The molecule has 11 heteroatoms. The molecule has 0 saturated carbocycles. The van der Waals surface area contributed by atoms with E-state index >= 15 is 0 Å². The van der Waals surface area contributed by atoms with E-state index in [-0.39, 0.29) is 23.7 Å². The number of nitrogens with zero attached hydrogens (tertiary/aromatic N) is 4. The highest BCUT2D eigenvalue weighted by Gasteiger charge is 2.28. The van der Waals surface area contributed by atoms with Crippen molar-refractivity contribution in [2.24, 2.45) is 0 Å². The van der Waals surface area contributed by atoms with E-state index in [1.165, 1.54) is 6.26 Å². The Kier molecular flexibility index (Phi) is 6.23. The fraction of sp³-hybridized carbons (Fsp3) is 0.450. The van der Waals surface area contributed by atoms with E-state index in [1.54, 1.807) is 41.6 Å². The molecule has 2 fully saturated rings. The first-order valence-corrected chi connectivity index (χ1v) is 11.8. The second-order valence-corrected chi connectivity index (χ2v) is 9.46. The molecule has 3 heterocycles. The quantitative estimate of drug-likeness (QED) is 0.642. The van der Waals surface area contributed by atoms with Crippen LogP contribution in [0.2, 0.25) is 0 Å². The summed E-state index contributed by atoms with van der Waals surface area (Å²) in [5.74, 6) is 1.09. The smallest absolute Gasteiger partial charge is 0.410 e. The molecule has 1 aromatic carbocycles. The van der Waals surface area contributed by atoms with Gasteiger partial charge in [-0.05, 0) is 17.7 Å². The van der Waals surface area contributed by atoms with Crippen LogP contribution in [0.1, 0.15) is 5.56 Å². The highest BCUT2D eigenvalue weighted by atomic mass is 32.2. The van der Waals surface area contributed by atoms with Gasteiger partial charge in [0.05, 0.1) is 30.5 Å². The van der Waals surface area contributed by atoms with Crippen LogP contribution in [0.15, 0.2) is 41.6 Å². The maximum absolute atomic E-state index is 12.1. The normalized spacial score (nSPS) is 17.2. The molecule has 0 bridgehead atoms. The van der Waals surface area contributed by atoms with Gasteiger partial charge < -0.3 is 24.0 Å². The summed E-state index contributed by atoms with van der Waals surface area (Å²) in [5, 5.41) is 0. The monoisotopic (exact) mass is 448 g/mol. The van der Waals surface area contributed by atoms with Gasteiger partial charge in [0.25, 0.3) is 0 Å². The number of amides is 1. The fourth-order valence-corrected chi connectivity index (χ4v) is 3.77. The lowest BCUT2D eigenvalue weighted by Gasteiger charge is -2.35. The van der Waals surface area contributed by atoms with E-state index in [9.17, 15) is 13.2 Å². The predicted molar refractivity (Wildman–Crippen MR) is 111 cm³/mol. The molecule has 0 N–H and O–H groups in total. The Morgan fingerprint density at radius 1 is 1.10 bits per heavy atom. The molecule has 2 saturated heterocycles. The van der Waals surface area contributed by atoms with E-state index < -0.39 is 9.84 Å². The number of aromatic nitrogens is 2. The van der Waals surface area contributed by atoms with Crippen LogP contribution >= 0.6 is 0 Å². The number of hydrogen-bond acceptors (Lipinski definition) is 9. The lowest BCUT2D eigenvalue weighted by atomic mass is 10.2. The summed E-state index contributed by atoms with van der Waals surface area (Å²) in [5.41, 5.74) is 0.841. The van der Waals surface area contributed by atoms with E-state index in [2.05, 4.69) is 9.97 Å². The first-order valence-electron chi connectivity index (χ1n) is 9.90. The zero-order chi connectivity index (χ0) is 21.8. The van der Waals surface area contributed by atoms with Gasteiger partial charge in [-0.1, -0.05) is 12.1 Å². The molecule has 4 rings (SSSR count). The number of rotatable bonds is 6. The number of hydrogen-bond donors (Lipinski definition) is 0. The van der Waals surface area contributed by atoms with Crippen molar-refractivity contribution >= 4 is 21.9 Å². The number of carbonyl (C=O) groups excluding carboxylic acids is 1. The summed E-state index contributed by atoms with van der Waals surface area (Å²) in [6.07, 6.45) is 3.95. The van der Waals surface area contributed by atoms with Gasteiger partial charge in [0.1, 0.15) is 6.61 Å². The van der Waals surface area contributed by atoms with Crippen LogP contribution in [0, 0.1) is 0 Å². The van der Waals surface area contributed by atoms with Gasteiger partial charge in [0.15, 0.2) is 21.7 Å². The highest BCUT2D eigenvalue weighted by molar-refractivity contribution is 7.90. The minimum absolute atomic E-state index is 0.126. The van der Waals surface area contributed by atoms with Crippen molar-refractivity contribution in [1.82, 2.24) is 14.9 Å². The number of ether oxygens (including phenoxy) is 3.